The molecule has 0 spiro atoms. The maximum absolute atomic E-state index is 11.7. The Bertz CT molecular complexity index is 540. The fourth-order valence-corrected chi connectivity index (χ4v) is 2.17. The van der Waals surface area contributed by atoms with Crippen molar-refractivity contribution in [3.05, 3.63) is 29.8 Å². The summed E-state index contributed by atoms with van der Waals surface area (Å²) in [6.45, 7) is 0.792. The summed E-state index contributed by atoms with van der Waals surface area (Å²) in [5, 5.41) is 14.9. The van der Waals surface area contributed by atoms with E-state index in [9.17, 15) is 14.7 Å². The summed E-state index contributed by atoms with van der Waals surface area (Å²) in [5.74, 6) is -0.899. The second kappa shape index (κ2) is 7.24. The van der Waals surface area contributed by atoms with Crippen LogP contribution in [-0.4, -0.2) is 49.4 Å². The standard InChI is InChI=1S/C15H20N2O5/c1-21-12-5-3-2-4-11(12)8-16-13(18)14(19)17-9-15(20)6-7-22-10-15/h2-5,20H,6-10H2,1H3,(H,16,18)(H,17,19)/t15-/m0/s1. The van der Waals surface area contributed by atoms with Crippen LogP contribution >= 0.6 is 0 Å². The molecule has 1 aliphatic heterocycles. The number of hydrogen-bond donors (Lipinski definition) is 3. The summed E-state index contributed by atoms with van der Waals surface area (Å²) in [4.78, 5) is 23.5. The molecule has 0 aliphatic carbocycles. The molecule has 1 fully saturated rings. The molecule has 1 saturated heterocycles. The first-order valence-electron chi connectivity index (χ1n) is 7.02. The number of nitrogens with one attached hydrogen (secondary N) is 2. The highest BCUT2D eigenvalue weighted by Gasteiger charge is 2.33. The molecule has 7 heteroatoms. The first kappa shape index (κ1) is 16.3. The predicted octanol–water partition coefficient (Wildman–Crippen LogP) is -0.421. The van der Waals surface area contributed by atoms with Crippen LogP contribution in [0, 0.1) is 0 Å². The molecule has 2 rings (SSSR count). The summed E-state index contributed by atoms with van der Waals surface area (Å²) >= 11 is 0. The Morgan fingerprint density at radius 2 is 2.05 bits per heavy atom. The van der Waals surface area contributed by atoms with E-state index in [4.69, 9.17) is 9.47 Å². The van der Waals surface area contributed by atoms with Crippen molar-refractivity contribution >= 4 is 11.8 Å². The van der Waals surface area contributed by atoms with E-state index in [-0.39, 0.29) is 19.7 Å². The highest BCUT2D eigenvalue weighted by Crippen LogP contribution is 2.17. The number of aliphatic hydroxyl groups is 1. The number of amides is 2. The van der Waals surface area contributed by atoms with Gasteiger partial charge in [-0.1, -0.05) is 18.2 Å². The second-order valence-electron chi connectivity index (χ2n) is 5.20. The van der Waals surface area contributed by atoms with Crippen molar-refractivity contribution in [2.24, 2.45) is 0 Å². The Kier molecular flexibility index (Phi) is 5.35. The molecule has 1 aromatic carbocycles. The number of carbonyl (C=O) groups excluding carboxylic acids is 2. The van der Waals surface area contributed by atoms with Crippen LogP contribution in [0.1, 0.15) is 12.0 Å². The van der Waals surface area contributed by atoms with Gasteiger partial charge in [0.1, 0.15) is 11.4 Å². The molecule has 0 saturated carbocycles. The quantitative estimate of drug-likeness (QED) is 0.642. The maximum Gasteiger partial charge on any atom is 0.309 e. The van der Waals surface area contributed by atoms with E-state index in [1.165, 1.54) is 7.11 Å². The fraction of sp³-hybridized carbons (Fsp3) is 0.467. The zero-order valence-electron chi connectivity index (χ0n) is 12.4. The van der Waals surface area contributed by atoms with Crippen LogP contribution in [0.25, 0.3) is 0 Å². The van der Waals surface area contributed by atoms with E-state index < -0.39 is 17.4 Å². The summed E-state index contributed by atoms with van der Waals surface area (Å²) in [6.07, 6.45) is 0.441. The van der Waals surface area contributed by atoms with Gasteiger partial charge < -0.3 is 25.2 Å². The normalized spacial score (nSPS) is 20.5. The van der Waals surface area contributed by atoms with Gasteiger partial charge in [0.25, 0.3) is 0 Å². The molecule has 22 heavy (non-hydrogen) atoms. The first-order chi connectivity index (χ1) is 10.5. The van der Waals surface area contributed by atoms with Gasteiger partial charge in [-0.25, -0.2) is 0 Å². The van der Waals surface area contributed by atoms with Crippen molar-refractivity contribution in [2.75, 3.05) is 26.9 Å². The fourth-order valence-electron chi connectivity index (χ4n) is 2.17. The predicted molar refractivity (Wildman–Crippen MR) is 78.2 cm³/mol. The Hall–Kier alpha value is -2.12. The van der Waals surface area contributed by atoms with Crippen molar-refractivity contribution < 1.29 is 24.2 Å². The summed E-state index contributed by atoms with van der Waals surface area (Å²) < 4.78 is 10.2. The third-order valence-corrected chi connectivity index (χ3v) is 3.50. The first-order valence-corrected chi connectivity index (χ1v) is 7.02. The molecule has 1 aliphatic rings. The maximum atomic E-state index is 11.7. The van der Waals surface area contributed by atoms with Gasteiger partial charge in [-0.3, -0.25) is 9.59 Å². The molecule has 1 heterocycles. The van der Waals surface area contributed by atoms with Crippen LogP contribution in [0.4, 0.5) is 0 Å². The highest BCUT2D eigenvalue weighted by molar-refractivity contribution is 6.35. The third-order valence-electron chi connectivity index (χ3n) is 3.50. The Labute approximate surface area is 128 Å². The number of ether oxygens (including phenoxy) is 2. The van der Waals surface area contributed by atoms with Gasteiger partial charge in [0.15, 0.2) is 0 Å². The molecule has 120 valence electrons. The molecule has 0 radical (unpaired) electrons. The zero-order valence-corrected chi connectivity index (χ0v) is 12.4. The van der Waals surface area contributed by atoms with Crippen molar-refractivity contribution in [3.8, 4) is 5.75 Å². The molecule has 1 atom stereocenters. The van der Waals surface area contributed by atoms with Gasteiger partial charge in [-0.2, -0.15) is 0 Å². The van der Waals surface area contributed by atoms with Crippen LogP contribution in [0.3, 0.4) is 0 Å². The lowest BCUT2D eigenvalue weighted by Gasteiger charge is -2.20. The number of benzene rings is 1. The van der Waals surface area contributed by atoms with Gasteiger partial charge in [-0.15, -0.1) is 0 Å². The topological polar surface area (TPSA) is 96.9 Å². The van der Waals surface area contributed by atoms with E-state index in [1.54, 1.807) is 12.1 Å². The largest absolute Gasteiger partial charge is 0.496 e. The lowest BCUT2D eigenvalue weighted by molar-refractivity contribution is -0.139. The van der Waals surface area contributed by atoms with E-state index in [0.717, 1.165) is 5.56 Å². The molecule has 3 N–H and O–H groups in total. The molecule has 7 nitrogen and oxygen atoms in total. The third kappa shape index (κ3) is 4.19. The van der Waals surface area contributed by atoms with E-state index in [1.807, 2.05) is 12.1 Å². The van der Waals surface area contributed by atoms with Gasteiger partial charge in [0.2, 0.25) is 0 Å². The SMILES string of the molecule is COc1ccccc1CNC(=O)C(=O)NC[C@@]1(O)CCOC1. The summed E-state index contributed by atoms with van der Waals surface area (Å²) in [5.41, 5.74) is -0.313. The minimum absolute atomic E-state index is 0.00604. The molecule has 2 amide bonds. The van der Waals surface area contributed by atoms with Crippen LogP contribution in [0.15, 0.2) is 24.3 Å². The van der Waals surface area contributed by atoms with Crippen LogP contribution < -0.4 is 15.4 Å². The molecule has 0 unspecified atom stereocenters. The minimum Gasteiger partial charge on any atom is -0.496 e. The minimum atomic E-state index is -1.08. The van der Waals surface area contributed by atoms with Crippen molar-refractivity contribution in [2.45, 2.75) is 18.6 Å². The molecule has 1 aromatic rings. The van der Waals surface area contributed by atoms with Crippen molar-refractivity contribution in [3.63, 3.8) is 0 Å². The van der Waals surface area contributed by atoms with Gasteiger partial charge >= 0.3 is 11.8 Å². The Morgan fingerprint density at radius 1 is 1.32 bits per heavy atom. The van der Waals surface area contributed by atoms with E-state index in [2.05, 4.69) is 10.6 Å². The average molecular weight is 308 g/mol. The van der Waals surface area contributed by atoms with Gasteiger partial charge in [0, 0.05) is 31.7 Å². The average Bonchev–Trinajstić information content (AvgIpc) is 2.97. The van der Waals surface area contributed by atoms with Crippen LogP contribution in [0.2, 0.25) is 0 Å². The number of methoxy groups -OCH3 is 1. The zero-order chi connectivity index (χ0) is 16.0. The number of rotatable bonds is 5. The van der Waals surface area contributed by atoms with Gasteiger partial charge in [0.05, 0.1) is 13.7 Å². The highest BCUT2D eigenvalue weighted by atomic mass is 16.5. The van der Waals surface area contributed by atoms with Crippen LogP contribution in [0.5, 0.6) is 5.75 Å². The summed E-state index contributed by atoms with van der Waals surface area (Å²) in [7, 11) is 1.54. The monoisotopic (exact) mass is 308 g/mol. The second-order valence-corrected chi connectivity index (χ2v) is 5.20. The smallest absolute Gasteiger partial charge is 0.309 e. The summed E-state index contributed by atoms with van der Waals surface area (Å²) in [6, 6.07) is 7.22. The van der Waals surface area contributed by atoms with Crippen molar-refractivity contribution in [1.29, 1.82) is 0 Å². The lowest BCUT2D eigenvalue weighted by Crippen LogP contribution is -2.47. The van der Waals surface area contributed by atoms with Crippen molar-refractivity contribution in [1.82, 2.24) is 10.6 Å². The molecule has 0 bridgehead atoms. The van der Waals surface area contributed by atoms with Crippen LogP contribution in [-0.2, 0) is 20.9 Å². The number of para-hydroxylation sites is 1. The lowest BCUT2D eigenvalue weighted by atomic mass is 10.0. The molecular formula is C15H20N2O5. The Morgan fingerprint density at radius 3 is 2.73 bits per heavy atom. The van der Waals surface area contributed by atoms with Gasteiger partial charge in [-0.05, 0) is 6.07 Å². The number of carbonyl (C=O) groups is 2. The number of hydrogen-bond acceptors (Lipinski definition) is 5. The van der Waals surface area contributed by atoms with E-state index >= 15 is 0 Å². The Balaban J connectivity index is 1.80. The molecule has 0 aromatic heterocycles. The van der Waals surface area contributed by atoms with E-state index in [0.29, 0.717) is 18.8 Å². The molecular weight excluding hydrogens is 288 g/mol.